The second kappa shape index (κ2) is 12.5. The van der Waals surface area contributed by atoms with Crippen LogP contribution < -0.4 is 4.74 Å². The first-order valence-electron chi connectivity index (χ1n) is 13.3. The Balaban J connectivity index is 1.31. The number of halogens is 6. The molecule has 218 valence electrons. The number of rotatable bonds is 9. The first-order valence-corrected chi connectivity index (χ1v) is 13.3. The van der Waals surface area contributed by atoms with Gasteiger partial charge in [-0.2, -0.15) is 8.78 Å². The average molecular weight is 591 g/mol. The molecule has 0 saturated heterocycles. The Hall–Kier alpha value is -4.92. The van der Waals surface area contributed by atoms with Gasteiger partial charge in [-0.25, -0.2) is 27.5 Å². The number of nitrogens with zero attached hydrogens (tertiary/aromatic N) is 2. The number of hydrogen-bond acceptors (Lipinski definition) is 3. The fourth-order valence-corrected chi connectivity index (χ4v) is 4.45. The topological polar surface area (TPSA) is 35.0 Å². The van der Waals surface area contributed by atoms with Gasteiger partial charge in [0.05, 0.1) is 5.56 Å². The molecule has 5 rings (SSSR count). The molecule has 1 heterocycles. The molecule has 0 N–H and O–H groups in total. The summed E-state index contributed by atoms with van der Waals surface area (Å²) < 4.78 is 90.1. The Labute approximate surface area is 244 Å². The van der Waals surface area contributed by atoms with E-state index in [9.17, 15) is 22.0 Å². The molecule has 9 heteroatoms. The van der Waals surface area contributed by atoms with Gasteiger partial charge in [-0.05, 0) is 72.4 Å². The number of allylic oxidation sites excluding steroid dienone is 2. The van der Waals surface area contributed by atoms with E-state index >= 15 is 4.39 Å². The molecular formula is C34H24F6N2O. The highest BCUT2D eigenvalue weighted by Crippen LogP contribution is 2.36. The number of alkyl halides is 2. The van der Waals surface area contributed by atoms with Crippen molar-refractivity contribution in [3.8, 4) is 39.4 Å². The summed E-state index contributed by atoms with van der Waals surface area (Å²) in [5, 5.41) is 0. The van der Waals surface area contributed by atoms with E-state index in [0.29, 0.717) is 29.1 Å². The lowest BCUT2D eigenvalue weighted by Crippen LogP contribution is -2.23. The summed E-state index contributed by atoms with van der Waals surface area (Å²) >= 11 is 0. The zero-order valence-electron chi connectivity index (χ0n) is 22.8. The van der Waals surface area contributed by atoms with E-state index in [1.165, 1.54) is 12.1 Å². The van der Waals surface area contributed by atoms with E-state index in [0.717, 1.165) is 48.2 Å². The van der Waals surface area contributed by atoms with Gasteiger partial charge in [-0.1, -0.05) is 54.6 Å². The van der Waals surface area contributed by atoms with E-state index in [1.54, 1.807) is 30.6 Å². The van der Waals surface area contributed by atoms with Gasteiger partial charge < -0.3 is 4.74 Å². The first-order chi connectivity index (χ1) is 20.6. The maximum Gasteiger partial charge on any atom is 0.429 e. The molecule has 0 aliphatic carbocycles. The molecule has 5 aromatic rings. The fraction of sp³-hybridized carbons (Fsp3) is 0.118. The van der Waals surface area contributed by atoms with Gasteiger partial charge in [0.25, 0.3) is 0 Å². The van der Waals surface area contributed by atoms with Crippen LogP contribution >= 0.6 is 0 Å². The van der Waals surface area contributed by atoms with Crippen molar-refractivity contribution in [2.24, 2.45) is 0 Å². The molecule has 0 unspecified atom stereocenters. The van der Waals surface area contributed by atoms with Gasteiger partial charge in [0.2, 0.25) is 0 Å². The molecule has 0 spiro atoms. The van der Waals surface area contributed by atoms with Crippen molar-refractivity contribution >= 4 is 0 Å². The van der Waals surface area contributed by atoms with Crippen molar-refractivity contribution in [1.29, 1.82) is 0 Å². The quantitative estimate of drug-likeness (QED) is 0.127. The van der Waals surface area contributed by atoms with E-state index in [4.69, 9.17) is 0 Å². The number of aromatic nitrogens is 2. The monoisotopic (exact) mass is 590 g/mol. The molecule has 0 atom stereocenters. The maximum atomic E-state index is 15.2. The summed E-state index contributed by atoms with van der Waals surface area (Å²) in [4.78, 5) is 8.87. The summed E-state index contributed by atoms with van der Waals surface area (Å²) in [5.41, 5.74) is 1.97. The molecule has 0 bridgehead atoms. The normalized spacial score (nSPS) is 11.7. The Morgan fingerprint density at radius 3 is 1.98 bits per heavy atom. The fourth-order valence-electron chi connectivity index (χ4n) is 4.45. The minimum absolute atomic E-state index is 0.00132. The molecule has 3 nitrogen and oxygen atoms in total. The van der Waals surface area contributed by atoms with Gasteiger partial charge in [0.1, 0.15) is 17.4 Å². The van der Waals surface area contributed by atoms with E-state index < -0.39 is 40.7 Å². The third-order valence-electron chi connectivity index (χ3n) is 6.72. The van der Waals surface area contributed by atoms with Crippen LogP contribution in [-0.2, 0) is 12.5 Å². The lowest BCUT2D eigenvalue weighted by Gasteiger charge is -2.19. The van der Waals surface area contributed by atoms with E-state index in [-0.39, 0.29) is 11.1 Å². The van der Waals surface area contributed by atoms with Crippen LogP contribution in [0.5, 0.6) is 5.75 Å². The largest absolute Gasteiger partial charge is 0.429 e. The number of aryl methyl sites for hydroxylation is 1. The zero-order valence-corrected chi connectivity index (χ0v) is 22.8. The molecule has 0 aliphatic heterocycles. The standard InChI is InChI=1S/C34H24F6N2O/c1-2-3-4-5-21-19-41-33(42-20-21)23-8-6-22(7-9-23)24-10-13-27(30(36)16-24)25-11-14-28(31(37)17-25)34(39,40)43-26-12-15-29(35)32(38)18-26/h2-3,6-20H,4-5H2,1H3/b3-2+. The van der Waals surface area contributed by atoms with E-state index in [1.807, 2.05) is 25.1 Å². The molecule has 0 radical (unpaired) electrons. The predicted octanol–water partition coefficient (Wildman–Crippen LogP) is 9.67. The van der Waals surface area contributed by atoms with Gasteiger partial charge in [0, 0.05) is 29.6 Å². The lowest BCUT2D eigenvalue weighted by atomic mass is 9.98. The SMILES string of the molecule is C/C=C/CCc1cnc(-c2ccc(-c3ccc(-c4ccc(C(F)(F)Oc5ccc(F)c(F)c5)c(F)c4)c(F)c3)cc2)nc1. The highest BCUT2D eigenvalue weighted by molar-refractivity contribution is 5.72. The van der Waals surface area contributed by atoms with E-state index in [2.05, 4.69) is 20.8 Å². The van der Waals surface area contributed by atoms with Crippen LogP contribution in [0, 0.1) is 23.3 Å². The van der Waals surface area contributed by atoms with Crippen LogP contribution in [0.4, 0.5) is 26.3 Å². The van der Waals surface area contributed by atoms with Crippen LogP contribution in [0.25, 0.3) is 33.6 Å². The molecule has 0 fully saturated rings. The van der Waals surface area contributed by atoms with Crippen molar-refractivity contribution in [3.63, 3.8) is 0 Å². The molecular weight excluding hydrogens is 566 g/mol. The summed E-state index contributed by atoms with van der Waals surface area (Å²) in [6, 6.07) is 16.1. The third kappa shape index (κ3) is 6.77. The first kappa shape index (κ1) is 29.6. The maximum absolute atomic E-state index is 15.2. The molecule has 4 aromatic carbocycles. The van der Waals surface area contributed by atoms with Crippen LogP contribution in [0.1, 0.15) is 24.5 Å². The zero-order chi connectivity index (χ0) is 30.6. The van der Waals surface area contributed by atoms with Crippen LogP contribution in [0.15, 0.2) is 103 Å². The van der Waals surface area contributed by atoms with Crippen LogP contribution in [0.2, 0.25) is 0 Å². The average Bonchev–Trinajstić information content (AvgIpc) is 2.99. The Morgan fingerprint density at radius 2 is 1.33 bits per heavy atom. The molecule has 1 aromatic heterocycles. The van der Waals surface area contributed by atoms with Crippen molar-refractivity contribution in [3.05, 3.63) is 138 Å². The molecule has 0 aliphatic rings. The Bertz CT molecular complexity index is 1770. The minimum Gasteiger partial charge on any atom is -0.429 e. The molecule has 43 heavy (non-hydrogen) atoms. The number of ether oxygens (including phenoxy) is 1. The minimum atomic E-state index is -4.21. The van der Waals surface area contributed by atoms with Crippen molar-refractivity contribution in [2.75, 3.05) is 0 Å². The smallest absolute Gasteiger partial charge is 0.429 e. The summed E-state index contributed by atoms with van der Waals surface area (Å²) in [6.07, 6.45) is 5.23. The number of benzene rings is 4. The van der Waals surface area contributed by atoms with Crippen LogP contribution in [0.3, 0.4) is 0 Å². The van der Waals surface area contributed by atoms with Crippen molar-refractivity contribution < 1.29 is 31.1 Å². The molecule has 0 amide bonds. The second-order valence-corrected chi connectivity index (χ2v) is 9.68. The lowest BCUT2D eigenvalue weighted by molar-refractivity contribution is -0.187. The molecule has 0 saturated carbocycles. The summed E-state index contributed by atoms with van der Waals surface area (Å²) in [5.74, 6) is -4.82. The highest BCUT2D eigenvalue weighted by atomic mass is 19.3. The third-order valence-corrected chi connectivity index (χ3v) is 6.72. The van der Waals surface area contributed by atoms with Gasteiger partial charge in [-0.15, -0.1) is 0 Å². The van der Waals surface area contributed by atoms with Crippen molar-refractivity contribution in [1.82, 2.24) is 9.97 Å². The number of hydrogen-bond donors (Lipinski definition) is 0. The summed E-state index contributed by atoms with van der Waals surface area (Å²) in [7, 11) is 0. The highest BCUT2D eigenvalue weighted by Gasteiger charge is 2.38. The van der Waals surface area contributed by atoms with Crippen LogP contribution in [-0.4, -0.2) is 9.97 Å². The Kier molecular flexibility index (Phi) is 8.61. The van der Waals surface area contributed by atoms with Gasteiger partial charge in [-0.3, -0.25) is 0 Å². The Morgan fingerprint density at radius 1 is 0.674 bits per heavy atom. The van der Waals surface area contributed by atoms with Gasteiger partial charge in [0.15, 0.2) is 17.5 Å². The van der Waals surface area contributed by atoms with Crippen molar-refractivity contribution in [2.45, 2.75) is 25.9 Å². The van der Waals surface area contributed by atoms with Gasteiger partial charge >= 0.3 is 6.11 Å². The summed E-state index contributed by atoms with van der Waals surface area (Å²) in [6.45, 7) is 1.97. The predicted molar refractivity (Wildman–Crippen MR) is 152 cm³/mol. The second-order valence-electron chi connectivity index (χ2n) is 9.68.